The quantitative estimate of drug-likeness (QED) is 0.847. The average Bonchev–Trinajstić information content (AvgIpc) is 2.37. The Hall–Kier alpha value is -0.870. The Morgan fingerprint density at radius 1 is 1.15 bits per heavy atom. The molecule has 4 rings (SSSR count). The largest absolute Gasteiger partial charge is 0.294 e. The van der Waals surface area contributed by atoms with E-state index >= 15 is 0 Å². The van der Waals surface area contributed by atoms with Gasteiger partial charge in [-0.3, -0.25) is 4.55 Å². The molecule has 3 saturated carbocycles. The summed E-state index contributed by atoms with van der Waals surface area (Å²) in [7, 11) is -4.10. The second-order valence-corrected chi connectivity index (χ2v) is 8.49. The predicted octanol–water partition coefficient (Wildman–Crippen LogP) is 3.65. The van der Waals surface area contributed by atoms with E-state index in [1.54, 1.807) is 0 Å². The van der Waals surface area contributed by atoms with Gasteiger partial charge in [0.25, 0.3) is 10.1 Å². The lowest BCUT2D eigenvalue weighted by Crippen LogP contribution is -2.64. The second kappa shape index (κ2) is 4.08. The Morgan fingerprint density at radius 2 is 1.75 bits per heavy atom. The van der Waals surface area contributed by atoms with Crippen LogP contribution < -0.4 is 0 Å². The van der Waals surface area contributed by atoms with Crippen LogP contribution in [0.2, 0.25) is 0 Å². The molecule has 0 aliphatic heterocycles. The minimum absolute atomic E-state index is 0.0187. The first-order valence-corrected chi connectivity index (χ1v) is 8.71. The van der Waals surface area contributed by atoms with Crippen LogP contribution in [0.3, 0.4) is 0 Å². The van der Waals surface area contributed by atoms with Crippen molar-refractivity contribution < 1.29 is 13.0 Å². The maximum absolute atomic E-state index is 11.2. The van der Waals surface area contributed by atoms with E-state index in [1.165, 1.54) is 37.0 Å². The molecule has 3 fully saturated rings. The van der Waals surface area contributed by atoms with Crippen molar-refractivity contribution in [3.05, 3.63) is 29.8 Å². The summed E-state index contributed by atoms with van der Waals surface area (Å²) in [5.74, 6) is 1.39. The second-order valence-electron chi connectivity index (χ2n) is 7.07. The minimum atomic E-state index is -4.10. The molecule has 20 heavy (non-hydrogen) atoms. The van der Waals surface area contributed by atoms with E-state index in [-0.39, 0.29) is 15.7 Å². The van der Waals surface area contributed by atoms with Crippen LogP contribution in [0.1, 0.15) is 45.6 Å². The lowest BCUT2D eigenvalue weighted by Gasteiger charge is -2.69. The van der Waals surface area contributed by atoms with E-state index in [1.807, 2.05) is 12.1 Å². The van der Waals surface area contributed by atoms with Gasteiger partial charge < -0.3 is 0 Å². The summed E-state index contributed by atoms with van der Waals surface area (Å²) in [4.78, 5) is -0.0187. The van der Waals surface area contributed by atoms with Crippen LogP contribution >= 0.6 is 0 Å². The highest BCUT2D eigenvalue weighted by Gasteiger charge is 2.64. The van der Waals surface area contributed by atoms with Gasteiger partial charge >= 0.3 is 0 Å². The fourth-order valence-electron chi connectivity index (χ4n) is 4.84. The molecule has 0 aromatic heterocycles. The summed E-state index contributed by atoms with van der Waals surface area (Å²) in [5, 5.41) is 0. The molecule has 1 aromatic rings. The van der Waals surface area contributed by atoms with E-state index in [9.17, 15) is 8.42 Å². The summed E-state index contributed by atoms with van der Waals surface area (Å²) in [6.07, 6.45) is 3.75. The molecule has 0 saturated heterocycles. The van der Waals surface area contributed by atoms with Crippen LogP contribution in [-0.2, 0) is 15.5 Å². The van der Waals surface area contributed by atoms with Crippen LogP contribution in [0.5, 0.6) is 0 Å². The van der Waals surface area contributed by atoms with Gasteiger partial charge in [0.2, 0.25) is 0 Å². The highest BCUT2D eigenvalue weighted by molar-refractivity contribution is 7.85. The van der Waals surface area contributed by atoms with Gasteiger partial charge in [0.15, 0.2) is 0 Å². The van der Waals surface area contributed by atoms with Crippen molar-refractivity contribution in [3.8, 4) is 0 Å². The van der Waals surface area contributed by atoms with Crippen LogP contribution in [0.4, 0.5) is 0 Å². The first-order chi connectivity index (χ1) is 9.19. The molecule has 0 radical (unpaired) electrons. The molecule has 1 aromatic carbocycles. The molecule has 3 atom stereocenters. The zero-order chi connectivity index (χ0) is 14.8. The van der Waals surface area contributed by atoms with Crippen LogP contribution in [-0.4, -0.2) is 13.0 Å². The van der Waals surface area contributed by atoms with Crippen LogP contribution in [0.25, 0.3) is 0 Å². The third kappa shape index (κ3) is 1.64. The average molecular weight is 294 g/mol. The molecule has 0 amide bonds. The first kappa shape index (κ1) is 14.1. The van der Waals surface area contributed by atoms with Gasteiger partial charge in [-0.1, -0.05) is 32.9 Å². The maximum atomic E-state index is 11.2. The maximum Gasteiger partial charge on any atom is 0.294 e. The topological polar surface area (TPSA) is 54.4 Å². The van der Waals surface area contributed by atoms with Crippen molar-refractivity contribution in [2.24, 2.45) is 17.3 Å². The number of hydrogen-bond donors (Lipinski definition) is 1. The van der Waals surface area contributed by atoms with Gasteiger partial charge in [-0.05, 0) is 54.2 Å². The smallest absolute Gasteiger partial charge is 0.282 e. The van der Waals surface area contributed by atoms with Gasteiger partial charge in [-0.25, -0.2) is 0 Å². The summed E-state index contributed by atoms with van der Waals surface area (Å²) >= 11 is 0. The van der Waals surface area contributed by atoms with Gasteiger partial charge in [0, 0.05) is 5.41 Å². The highest BCUT2D eigenvalue weighted by Crippen LogP contribution is 2.70. The van der Waals surface area contributed by atoms with Gasteiger partial charge in [0.1, 0.15) is 0 Å². The van der Waals surface area contributed by atoms with Gasteiger partial charge in [-0.2, -0.15) is 8.42 Å². The minimum Gasteiger partial charge on any atom is -0.282 e. The fraction of sp³-hybridized carbons (Fsp3) is 0.625. The van der Waals surface area contributed by atoms with E-state index in [2.05, 4.69) is 20.8 Å². The van der Waals surface area contributed by atoms with Crippen molar-refractivity contribution in [1.29, 1.82) is 0 Å². The normalized spacial score (nSPS) is 35.4. The number of benzene rings is 1. The monoisotopic (exact) mass is 294 g/mol. The zero-order valence-corrected chi connectivity index (χ0v) is 13.1. The Bertz CT molecular complexity index is 630. The molecule has 3 aliphatic carbocycles. The summed E-state index contributed by atoms with van der Waals surface area (Å²) < 4.78 is 31.4. The van der Waals surface area contributed by atoms with E-state index in [4.69, 9.17) is 4.55 Å². The summed E-state index contributed by atoms with van der Waals surface area (Å²) in [6, 6.07) is 6.85. The predicted molar refractivity (Wildman–Crippen MR) is 78.2 cm³/mol. The lowest BCUT2D eigenvalue weighted by atomic mass is 9.35. The zero-order valence-electron chi connectivity index (χ0n) is 12.3. The Kier molecular flexibility index (Phi) is 2.87. The first-order valence-electron chi connectivity index (χ1n) is 7.27. The van der Waals surface area contributed by atoms with Crippen molar-refractivity contribution in [2.45, 2.75) is 50.3 Å². The third-order valence-electron chi connectivity index (χ3n) is 6.20. The standard InChI is InChI=1S/C16H22O3S/c1-11-4-5-13-10-16(11,15(13,2)3)12-6-8-14(9-7-12)20(17,18)19/h6-9,11,13H,4-5,10H2,1-3H3,(H,17,18,19). The van der Waals surface area contributed by atoms with Crippen molar-refractivity contribution in [2.75, 3.05) is 0 Å². The lowest BCUT2D eigenvalue weighted by molar-refractivity contribution is -0.133. The Labute approximate surface area is 121 Å². The number of rotatable bonds is 2. The molecular weight excluding hydrogens is 272 g/mol. The van der Waals surface area contributed by atoms with Crippen molar-refractivity contribution in [1.82, 2.24) is 0 Å². The van der Waals surface area contributed by atoms with E-state index < -0.39 is 10.1 Å². The molecule has 2 bridgehead atoms. The third-order valence-corrected chi connectivity index (χ3v) is 7.06. The highest BCUT2D eigenvalue weighted by atomic mass is 32.2. The van der Waals surface area contributed by atoms with E-state index in [0.29, 0.717) is 5.92 Å². The Morgan fingerprint density at radius 3 is 2.20 bits per heavy atom. The van der Waals surface area contributed by atoms with Gasteiger partial charge in [0.05, 0.1) is 4.90 Å². The molecule has 3 nitrogen and oxygen atoms in total. The SMILES string of the molecule is CC1CCC2CC1(c1ccc(S(=O)(=O)O)cc1)C2(C)C. The molecule has 0 spiro atoms. The molecule has 3 aliphatic rings. The summed E-state index contributed by atoms with van der Waals surface area (Å²) in [5.41, 5.74) is 1.65. The summed E-state index contributed by atoms with van der Waals surface area (Å²) in [6.45, 7) is 6.99. The number of fused-ring (bicyclic) bond motifs is 2. The Balaban J connectivity index is 2.04. The molecule has 3 unspecified atom stereocenters. The van der Waals surface area contributed by atoms with Gasteiger partial charge in [-0.15, -0.1) is 0 Å². The molecule has 4 heteroatoms. The fourth-order valence-corrected chi connectivity index (χ4v) is 5.32. The molecule has 0 heterocycles. The van der Waals surface area contributed by atoms with Crippen LogP contribution in [0, 0.1) is 17.3 Å². The number of hydrogen-bond acceptors (Lipinski definition) is 2. The van der Waals surface area contributed by atoms with Crippen molar-refractivity contribution in [3.63, 3.8) is 0 Å². The van der Waals surface area contributed by atoms with Crippen LogP contribution in [0.15, 0.2) is 29.2 Å². The molecular formula is C16H22O3S. The molecule has 110 valence electrons. The van der Waals surface area contributed by atoms with Crippen molar-refractivity contribution >= 4 is 10.1 Å². The van der Waals surface area contributed by atoms with E-state index in [0.717, 1.165) is 5.92 Å². The molecule has 1 N–H and O–H groups in total.